The summed E-state index contributed by atoms with van der Waals surface area (Å²) >= 11 is 0. The molecule has 0 aromatic heterocycles. The third-order valence-electron chi connectivity index (χ3n) is 5.60. The van der Waals surface area contributed by atoms with Crippen molar-refractivity contribution < 1.29 is 0 Å². The Labute approximate surface area is 110 Å². The lowest BCUT2D eigenvalue weighted by atomic mass is 9.57. The third-order valence-corrected chi connectivity index (χ3v) is 5.60. The van der Waals surface area contributed by atoms with E-state index in [1.807, 2.05) is 0 Å². The van der Waals surface area contributed by atoms with Crippen molar-refractivity contribution in [2.45, 2.75) is 44.9 Å². The third kappa shape index (κ3) is 1.07. The summed E-state index contributed by atoms with van der Waals surface area (Å²) in [6.07, 6.45) is 5.71. The van der Waals surface area contributed by atoms with E-state index in [0.717, 1.165) is 6.42 Å². The Hall–Kier alpha value is -1.30. The second kappa shape index (κ2) is 3.38. The maximum absolute atomic E-state index is 4.06. The molecule has 0 saturated heterocycles. The first-order valence-electron chi connectivity index (χ1n) is 6.97. The van der Waals surface area contributed by atoms with Crippen molar-refractivity contribution in [1.82, 2.24) is 0 Å². The van der Waals surface area contributed by atoms with Crippen LogP contribution in [-0.2, 0) is 10.8 Å². The highest BCUT2D eigenvalue weighted by Gasteiger charge is 2.55. The fourth-order valence-electron chi connectivity index (χ4n) is 4.40. The molecule has 1 aromatic carbocycles. The molecular formula is C18H22. The molecular weight excluding hydrogens is 216 g/mol. The first-order chi connectivity index (χ1) is 8.49. The summed E-state index contributed by atoms with van der Waals surface area (Å²) in [4.78, 5) is 0. The molecule has 3 atom stereocenters. The van der Waals surface area contributed by atoms with Crippen molar-refractivity contribution in [2.24, 2.45) is 5.92 Å². The van der Waals surface area contributed by atoms with E-state index in [9.17, 15) is 0 Å². The minimum Gasteiger partial charge on any atom is -0.0988 e. The van der Waals surface area contributed by atoms with Crippen molar-refractivity contribution in [2.75, 3.05) is 0 Å². The van der Waals surface area contributed by atoms with Crippen LogP contribution in [-0.4, -0.2) is 0 Å². The van der Waals surface area contributed by atoms with E-state index in [1.54, 1.807) is 0 Å². The highest BCUT2D eigenvalue weighted by molar-refractivity contribution is 5.59. The van der Waals surface area contributed by atoms with Gasteiger partial charge in [-0.3, -0.25) is 0 Å². The van der Waals surface area contributed by atoms with Gasteiger partial charge in [0.05, 0.1) is 0 Å². The number of benzene rings is 1. The van der Waals surface area contributed by atoms with E-state index in [1.165, 1.54) is 22.3 Å². The Bertz CT molecular complexity index is 563. The van der Waals surface area contributed by atoms with Gasteiger partial charge in [0, 0.05) is 10.8 Å². The number of hydrogen-bond donors (Lipinski definition) is 0. The fourth-order valence-corrected chi connectivity index (χ4v) is 4.40. The SMILES string of the molecule is C=CC1=CC2(C)c3cc(C)cc(c3)C1(CC)C2C. The zero-order chi connectivity index (χ0) is 13.1. The van der Waals surface area contributed by atoms with Gasteiger partial charge in [0.15, 0.2) is 0 Å². The summed E-state index contributed by atoms with van der Waals surface area (Å²) in [7, 11) is 0. The quantitative estimate of drug-likeness (QED) is 0.702. The number of rotatable bonds is 2. The Balaban J connectivity index is 2.40. The summed E-state index contributed by atoms with van der Waals surface area (Å²) < 4.78 is 0. The highest BCUT2D eigenvalue weighted by atomic mass is 14.6. The van der Waals surface area contributed by atoms with Gasteiger partial charge in [-0.25, -0.2) is 0 Å². The fraction of sp³-hybridized carbons (Fsp3) is 0.444. The first kappa shape index (κ1) is 11.8. The van der Waals surface area contributed by atoms with Crippen LogP contribution >= 0.6 is 0 Å². The van der Waals surface area contributed by atoms with Crippen LogP contribution in [0.1, 0.15) is 43.9 Å². The van der Waals surface area contributed by atoms with E-state index < -0.39 is 0 Å². The molecule has 0 N–H and O–H groups in total. The summed E-state index contributed by atoms with van der Waals surface area (Å²) in [5.74, 6) is 0.624. The lowest BCUT2D eigenvalue weighted by Gasteiger charge is -2.46. The van der Waals surface area contributed by atoms with E-state index >= 15 is 0 Å². The first-order valence-corrected chi connectivity index (χ1v) is 6.97. The summed E-state index contributed by atoms with van der Waals surface area (Å²) in [5.41, 5.74) is 6.16. The Morgan fingerprint density at radius 3 is 2.56 bits per heavy atom. The van der Waals surface area contributed by atoms with Gasteiger partial charge in [-0.15, -0.1) is 0 Å². The molecule has 0 fully saturated rings. The zero-order valence-electron chi connectivity index (χ0n) is 11.9. The van der Waals surface area contributed by atoms with Crippen LogP contribution in [0.15, 0.2) is 42.5 Å². The molecule has 0 nitrogen and oxygen atoms in total. The maximum Gasteiger partial charge on any atom is 0.0234 e. The van der Waals surface area contributed by atoms with Crippen molar-refractivity contribution >= 4 is 0 Å². The molecule has 0 spiro atoms. The molecule has 2 aliphatic carbocycles. The molecule has 1 aromatic rings. The van der Waals surface area contributed by atoms with E-state index in [0.29, 0.717) is 5.92 Å². The number of aryl methyl sites for hydroxylation is 1. The molecule has 3 unspecified atom stereocenters. The molecule has 0 aliphatic heterocycles. The molecule has 0 heterocycles. The molecule has 94 valence electrons. The van der Waals surface area contributed by atoms with Crippen LogP contribution in [0.4, 0.5) is 0 Å². The molecule has 18 heavy (non-hydrogen) atoms. The predicted octanol–water partition coefficient (Wildman–Crippen LogP) is 4.68. The van der Waals surface area contributed by atoms with Gasteiger partial charge in [0.1, 0.15) is 0 Å². The van der Waals surface area contributed by atoms with E-state index in [2.05, 4.69) is 64.6 Å². The monoisotopic (exact) mass is 238 g/mol. The summed E-state index contributed by atoms with van der Waals surface area (Å²) in [5, 5.41) is 0. The maximum atomic E-state index is 4.06. The molecule has 0 amide bonds. The molecule has 0 radical (unpaired) electrons. The van der Waals surface area contributed by atoms with Gasteiger partial charge in [-0.1, -0.05) is 63.3 Å². The Morgan fingerprint density at radius 1 is 1.28 bits per heavy atom. The minimum atomic E-state index is 0.179. The topological polar surface area (TPSA) is 0 Å². The lowest BCUT2D eigenvalue weighted by molar-refractivity contribution is 0.260. The van der Waals surface area contributed by atoms with Crippen LogP contribution in [0.25, 0.3) is 0 Å². The molecule has 4 bridgehead atoms. The van der Waals surface area contributed by atoms with Crippen molar-refractivity contribution in [3.8, 4) is 0 Å². The predicted molar refractivity (Wildman–Crippen MR) is 77.9 cm³/mol. The average molecular weight is 238 g/mol. The van der Waals surface area contributed by atoms with Crippen molar-refractivity contribution in [1.29, 1.82) is 0 Å². The van der Waals surface area contributed by atoms with Crippen LogP contribution in [0.5, 0.6) is 0 Å². The smallest absolute Gasteiger partial charge is 0.0234 e. The molecule has 3 rings (SSSR count). The van der Waals surface area contributed by atoms with Crippen LogP contribution in [0.2, 0.25) is 0 Å². The second-order valence-electron chi connectivity index (χ2n) is 6.22. The minimum absolute atomic E-state index is 0.179. The van der Waals surface area contributed by atoms with Crippen molar-refractivity contribution in [3.63, 3.8) is 0 Å². The number of hydrogen-bond acceptors (Lipinski definition) is 0. The zero-order valence-corrected chi connectivity index (χ0v) is 11.9. The Morgan fingerprint density at radius 2 is 1.94 bits per heavy atom. The standard InChI is InChI=1S/C18H22/c1-6-14-11-17(5)13(4)18(14,7-2)16-9-12(3)8-15(17)10-16/h6,8-11,13H,1,7H2,2-5H3. The van der Waals surface area contributed by atoms with Gasteiger partial charge in [-0.2, -0.15) is 0 Å². The van der Waals surface area contributed by atoms with Gasteiger partial charge in [-0.05, 0) is 36.0 Å². The van der Waals surface area contributed by atoms with Crippen LogP contribution < -0.4 is 0 Å². The van der Waals surface area contributed by atoms with Gasteiger partial charge < -0.3 is 0 Å². The van der Waals surface area contributed by atoms with E-state index in [-0.39, 0.29) is 10.8 Å². The van der Waals surface area contributed by atoms with Crippen LogP contribution in [0.3, 0.4) is 0 Å². The molecule has 0 heteroatoms. The van der Waals surface area contributed by atoms with Crippen LogP contribution in [0, 0.1) is 12.8 Å². The summed E-state index contributed by atoms with van der Waals surface area (Å²) in [6.45, 7) is 13.4. The largest absolute Gasteiger partial charge is 0.0988 e. The van der Waals surface area contributed by atoms with Crippen molar-refractivity contribution in [3.05, 3.63) is 59.2 Å². The van der Waals surface area contributed by atoms with Gasteiger partial charge in [0.25, 0.3) is 0 Å². The number of allylic oxidation sites excluding steroid dienone is 3. The average Bonchev–Trinajstić information content (AvgIpc) is 2.54. The second-order valence-corrected chi connectivity index (χ2v) is 6.22. The number of fused-ring (bicyclic) bond motifs is 6. The molecule has 0 saturated carbocycles. The van der Waals surface area contributed by atoms with Gasteiger partial charge >= 0.3 is 0 Å². The normalized spacial score (nSPS) is 36.4. The van der Waals surface area contributed by atoms with Gasteiger partial charge in [0.2, 0.25) is 0 Å². The molecule has 2 aliphatic rings. The highest BCUT2D eigenvalue weighted by Crippen LogP contribution is 2.60. The van der Waals surface area contributed by atoms with E-state index in [4.69, 9.17) is 0 Å². The summed E-state index contributed by atoms with van der Waals surface area (Å²) in [6, 6.07) is 7.14. The lowest BCUT2D eigenvalue weighted by Crippen LogP contribution is -2.42. The Kier molecular flexibility index (Phi) is 2.21.